The maximum atomic E-state index is 12.8. The quantitative estimate of drug-likeness (QED) is 0.466. The summed E-state index contributed by atoms with van der Waals surface area (Å²) < 4.78 is 8.12. The minimum absolute atomic E-state index is 0.297. The Morgan fingerprint density at radius 2 is 1.79 bits per heavy atom. The Morgan fingerprint density at radius 1 is 1.07 bits per heavy atom. The summed E-state index contributed by atoms with van der Waals surface area (Å²) in [5.41, 5.74) is 3.62. The van der Waals surface area contributed by atoms with E-state index in [4.69, 9.17) is 11.2 Å². The van der Waals surface area contributed by atoms with Gasteiger partial charge in [0.25, 0.3) is 5.91 Å². The summed E-state index contributed by atoms with van der Waals surface area (Å²) in [6.07, 6.45) is 5.53. The van der Waals surface area contributed by atoms with Crippen LogP contribution in [0.25, 0.3) is 21.3 Å². The molecule has 0 aliphatic rings. The van der Waals surface area contributed by atoms with Gasteiger partial charge in [0.05, 0.1) is 23.9 Å². The summed E-state index contributed by atoms with van der Waals surface area (Å²) in [6, 6.07) is 23.2. The number of hydrogen-bond donors (Lipinski definition) is 0. The van der Waals surface area contributed by atoms with Crippen molar-refractivity contribution in [1.82, 2.24) is 4.57 Å². The summed E-state index contributed by atoms with van der Waals surface area (Å²) in [7, 11) is 1.62. The van der Waals surface area contributed by atoms with Crippen LogP contribution in [0.2, 0.25) is 0 Å². The van der Waals surface area contributed by atoms with Crippen molar-refractivity contribution in [2.24, 2.45) is 4.99 Å². The van der Waals surface area contributed by atoms with Gasteiger partial charge in [-0.1, -0.05) is 59.7 Å². The average molecular weight is 398 g/mol. The van der Waals surface area contributed by atoms with E-state index in [0.29, 0.717) is 16.9 Å². The predicted octanol–water partition coefficient (Wildman–Crippen LogP) is 4.75. The second-order valence-electron chi connectivity index (χ2n) is 6.37. The molecule has 0 aliphatic carbocycles. The van der Waals surface area contributed by atoms with Gasteiger partial charge in [-0.2, -0.15) is 4.99 Å². The van der Waals surface area contributed by atoms with Crippen LogP contribution >= 0.6 is 11.3 Å². The molecule has 1 heterocycles. The Hall–Kier alpha value is -3.62. The molecular formula is C24H18N2O2S. The number of nitrogens with zero attached hydrogens (tertiary/aromatic N) is 2. The zero-order valence-corrected chi connectivity index (χ0v) is 16.6. The average Bonchev–Trinajstić information content (AvgIpc) is 3.10. The monoisotopic (exact) mass is 398 g/mol. The Bertz CT molecular complexity index is 1280. The number of carbonyl (C=O) groups is 1. The number of terminal acetylenes is 1. The highest BCUT2D eigenvalue weighted by Crippen LogP contribution is 2.23. The van der Waals surface area contributed by atoms with Crippen molar-refractivity contribution in [2.45, 2.75) is 6.54 Å². The van der Waals surface area contributed by atoms with Crippen LogP contribution in [-0.4, -0.2) is 17.6 Å². The van der Waals surface area contributed by atoms with Crippen molar-refractivity contribution in [1.29, 1.82) is 0 Å². The number of aromatic nitrogens is 1. The molecule has 0 saturated carbocycles. The number of ether oxygens (including phenoxy) is 1. The van der Waals surface area contributed by atoms with Gasteiger partial charge in [-0.05, 0) is 41.5 Å². The zero-order chi connectivity index (χ0) is 20.2. The van der Waals surface area contributed by atoms with Crippen molar-refractivity contribution in [2.75, 3.05) is 7.11 Å². The normalized spacial score (nSPS) is 11.4. The first kappa shape index (κ1) is 18.7. The largest absolute Gasteiger partial charge is 0.497 e. The highest BCUT2D eigenvalue weighted by molar-refractivity contribution is 7.16. The minimum atomic E-state index is -0.297. The van der Waals surface area contributed by atoms with E-state index in [-0.39, 0.29) is 5.91 Å². The number of rotatable bonds is 4. The van der Waals surface area contributed by atoms with Crippen LogP contribution in [0.15, 0.2) is 77.8 Å². The molecule has 0 atom stereocenters. The Kier molecular flexibility index (Phi) is 5.28. The van der Waals surface area contributed by atoms with Crippen molar-refractivity contribution in [3.63, 3.8) is 0 Å². The molecule has 0 bridgehead atoms. The molecule has 4 aromatic rings. The molecule has 1 aromatic heterocycles. The fraction of sp³-hybridized carbons (Fsp3) is 0.0833. The van der Waals surface area contributed by atoms with Crippen LogP contribution in [0.5, 0.6) is 5.75 Å². The lowest BCUT2D eigenvalue weighted by Crippen LogP contribution is -2.16. The first-order valence-electron chi connectivity index (χ1n) is 9.05. The lowest BCUT2D eigenvalue weighted by molar-refractivity contribution is 0.0998. The number of amides is 1. The number of fused-ring (bicyclic) bond motifs is 1. The van der Waals surface area contributed by atoms with Crippen LogP contribution in [0.3, 0.4) is 0 Å². The maximum absolute atomic E-state index is 12.8. The summed E-state index contributed by atoms with van der Waals surface area (Å²) >= 11 is 1.42. The molecule has 4 nitrogen and oxygen atoms in total. The van der Waals surface area contributed by atoms with E-state index < -0.39 is 0 Å². The third-order valence-corrected chi connectivity index (χ3v) is 5.62. The fourth-order valence-corrected chi connectivity index (χ4v) is 4.15. The van der Waals surface area contributed by atoms with E-state index in [0.717, 1.165) is 27.1 Å². The summed E-state index contributed by atoms with van der Waals surface area (Å²) in [5, 5.41) is 0. The highest BCUT2D eigenvalue weighted by atomic mass is 32.1. The van der Waals surface area contributed by atoms with Gasteiger partial charge in [0, 0.05) is 5.56 Å². The first-order chi connectivity index (χ1) is 14.2. The molecule has 0 N–H and O–H groups in total. The van der Waals surface area contributed by atoms with Gasteiger partial charge in [0.2, 0.25) is 0 Å². The maximum Gasteiger partial charge on any atom is 0.279 e. The predicted molar refractivity (Wildman–Crippen MR) is 117 cm³/mol. The number of thiazole rings is 1. The molecule has 3 aromatic carbocycles. The lowest BCUT2D eigenvalue weighted by atomic mass is 10.0. The van der Waals surface area contributed by atoms with Crippen molar-refractivity contribution in [3.05, 3.63) is 83.2 Å². The third kappa shape index (κ3) is 3.84. The van der Waals surface area contributed by atoms with Crippen molar-refractivity contribution in [3.8, 4) is 29.2 Å². The van der Waals surface area contributed by atoms with Gasteiger partial charge in [0.15, 0.2) is 4.80 Å². The highest BCUT2D eigenvalue weighted by Gasteiger charge is 2.10. The molecule has 4 rings (SSSR count). The molecule has 0 spiro atoms. The number of carbonyl (C=O) groups excluding carboxylic acids is 1. The van der Waals surface area contributed by atoms with E-state index in [1.54, 1.807) is 19.2 Å². The second-order valence-corrected chi connectivity index (χ2v) is 7.38. The third-order valence-electron chi connectivity index (χ3n) is 4.58. The topological polar surface area (TPSA) is 43.6 Å². The van der Waals surface area contributed by atoms with Gasteiger partial charge in [0.1, 0.15) is 5.75 Å². The van der Waals surface area contributed by atoms with Gasteiger partial charge >= 0.3 is 0 Å². The molecule has 5 heteroatoms. The number of methoxy groups -OCH3 is 1. The molecule has 142 valence electrons. The smallest absolute Gasteiger partial charge is 0.279 e. The van der Waals surface area contributed by atoms with E-state index in [1.807, 2.05) is 65.2 Å². The number of benzene rings is 3. The van der Waals surface area contributed by atoms with Crippen LogP contribution in [0, 0.1) is 12.3 Å². The molecule has 0 unspecified atom stereocenters. The first-order valence-corrected chi connectivity index (χ1v) is 9.86. The molecule has 0 fully saturated rings. The van der Waals surface area contributed by atoms with Gasteiger partial charge in [-0.15, -0.1) is 6.42 Å². The molecule has 1 amide bonds. The molecule has 29 heavy (non-hydrogen) atoms. The second kappa shape index (κ2) is 8.17. The molecule has 0 saturated heterocycles. The van der Waals surface area contributed by atoms with Crippen molar-refractivity contribution < 1.29 is 9.53 Å². The molecule has 0 aliphatic heterocycles. The van der Waals surface area contributed by atoms with E-state index in [9.17, 15) is 4.79 Å². The Balaban J connectivity index is 1.71. The summed E-state index contributed by atoms with van der Waals surface area (Å²) in [4.78, 5) is 17.7. The zero-order valence-electron chi connectivity index (χ0n) is 15.8. The van der Waals surface area contributed by atoms with Crippen LogP contribution in [0.4, 0.5) is 0 Å². The van der Waals surface area contributed by atoms with Gasteiger partial charge in [-0.25, -0.2) is 0 Å². The lowest BCUT2D eigenvalue weighted by Gasteiger charge is -2.03. The van der Waals surface area contributed by atoms with E-state index >= 15 is 0 Å². The van der Waals surface area contributed by atoms with Crippen LogP contribution < -0.4 is 9.54 Å². The minimum Gasteiger partial charge on any atom is -0.497 e. The summed E-state index contributed by atoms with van der Waals surface area (Å²) in [6.45, 7) is 0.339. The number of hydrogen-bond acceptors (Lipinski definition) is 3. The molecular weight excluding hydrogens is 380 g/mol. The Labute approximate surface area is 172 Å². The van der Waals surface area contributed by atoms with E-state index in [2.05, 4.69) is 10.9 Å². The van der Waals surface area contributed by atoms with Gasteiger partial charge in [-0.3, -0.25) is 4.79 Å². The fourth-order valence-electron chi connectivity index (χ4n) is 3.10. The van der Waals surface area contributed by atoms with Gasteiger partial charge < -0.3 is 9.30 Å². The SMILES string of the molecule is C#CCn1c(=NC(=O)c2ccc(-c3ccccc3)cc2)sc2cc(OC)ccc21. The van der Waals surface area contributed by atoms with Crippen LogP contribution in [0.1, 0.15) is 10.4 Å². The van der Waals surface area contributed by atoms with Crippen LogP contribution in [-0.2, 0) is 6.54 Å². The Morgan fingerprint density at radius 3 is 2.48 bits per heavy atom. The summed E-state index contributed by atoms with van der Waals surface area (Å²) in [5.74, 6) is 3.09. The van der Waals surface area contributed by atoms with E-state index in [1.165, 1.54) is 11.3 Å². The standard InChI is InChI=1S/C24H18N2O2S/c1-3-15-26-21-14-13-20(28-2)16-22(21)29-24(26)25-23(27)19-11-9-18(10-12-19)17-7-5-4-6-8-17/h1,4-14,16H,15H2,2H3. The molecule has 0 radical (unpaired) electrons. The van der Waals surface area contributed by atoms with Crippen molar-refractivity contribution >= 4 is 27.5 Å².